The van der Waals surface area contributed by atoms with Gasteiger partial charge < -0.3 is 15.0 Å². The third-order valence-electron chi connectivity index (χ3n) is 4.84. The summed E-state index contributed by atoms with van der Waals surface area (Å²) in [5.74, 6) is 0.911. The number of hydrogen-bond donors (Lipinski definition) is 2. The van der Waals surface area contributed by atoms with Gasteiger partial charge in [-0.15, -0.1) is 0 Å². The molecule has 0 spiro atoms. The predicted molar refractivity (Wildman–Crippen MR) is 105 cm³/mol. The van der Waals surface area contributed by atoms with Crippen LogP contribution >= 0.6 is 11.6 Å². The fourth-order valence-electron chi connectivity index (χ4n) is 3.17. The quantitative estimate of drug-likeness (QED) is 0.548. The first-order valence-corrected chi connectivity index (χ1v) is 9.39. The van der Waals surface area contributed by atoms with Crippen LogP contribution in [0, 0.1) is 5.92 Å². The van der Waals surface area contributed by atoms with Gasteiger partial charge in [0.05, 0.1) is 11.7 Å². The number of amides is 1. The maximum Gasteiger partial charge on any atom is 0.412 e. The van der Waals surface area contributed by atoms with E-state index < -0.39 is 6.09 Å². The topological polar surface area (TPSA) is 97.7 Å². The van der Waals surface area contributed by atoms with Gasteiger partial charge in [-0.3, -0.25) is 4.68 Å². The van der Waals surface area contributed by atoms with Crippen molar-refractivity contribution in [3.05, 3.63) is 35.6 Å². The molecular formula is C19H17ClN6O2. The molecule has 3 heterocycles. The molecule has 9 heteroatoms. The van der Waals surface area contributed by atoms with E-state index in [9.17, 15) is 4.79 Å². The second kappa shape index (κ2) is 6.49. The molecule has 5 rings (SSSR count). The van der Waals surface area contributed by atoms with Crippen LogP contribution in [-0.4, -0.2) is 37.4 Å². The van der Waals surface area contributed by atoms with Crippen molar-refractivity contribution in [1.29, 1.82) is 0 Å². The van der Waals surface area contributed by atoms with Crippen LogP contribution in [0.15, 0.2) is 30.6 Å². The molecule has 1 fully saturated rings. The van der Waals surface area contributed by atoms with Crippen molar-refractivity contribution < 1.29 is 9.53 Å². The number of aryl methyl sites for hydroxylation is 1. The third-order valence-corrected chi connectivity index (χ3v) is 5.07. The summed E-state index contributed by atoms with van der Waals surface area (Å²) in [7, 11) is 1.85. The zero-order chi connectivity index (χ0) is 19.3. The van der Waals surface area contributed by atoms with E-state index in [1.165, 1.54) is 0 Å². The lowest BCUT2D eigenvalue weighted by Crippen LogP contribution is -2.28. The summed E-state index contributed by atoms with van der Waals surface area (Å²) in [5.41, 5.74) is 3.19. The summed E-state index contributed by atoms with van der Waals surface area (Å²) < 4.78 is 7.17. The van der Waals surface area contributed by atoms with E-state index in [0.29, 0.717) is 45.8 Å². The van der Waals surface area contributed by atoms with E-state index in [-0.39, 0.29) is 0 Å². The molecule has 1 saturated carbocycles. The smallest absolute Gasteiger partial charge is 0.406 e. The van der Waals surface area contributed by atoms with Crippen LogP contribution < -0.4 is 10.1 Å². The van der Waals surface area contributed by atoms with Crippen LogP contribution in [0.1, 0.15) is 12.8 Å². The Labute approximate surface area is 164 Å². The number of H-pyrrole nitrogens is 1. The molecule has 0 bridgehead atoms. The molecule has 2 N–H and O–H groups in total. The third kappa shape index (κ3) is 3.05. The lowest BCUT2D eigenvalue weighted by atomic mass is 10.2. The molecule has 0 aliphatic heterocycles. The Morgan fingerprint density at radius 2 is 2.29 bits per heavy atom. The molecule has 1 amide bonds. The van der Waals surface area contributed by atoms with Gasteiger partial charge in [-0.2, -0.15) is 5.10 Å². The largest absolute Gasteiger partial charge is 0.412 e. The number of nitrogens with one attached hydrogen (secondary N) is 2. The maximum atomic E-state index is 12.0. The number of aromatic amines is 1. The van der Waals surface area contributed by atoms with Crippen LogP contribution in [-0.2, 0) is 7.05 Å². The highest BCUT2D eigenvalue weighted by atomic mass is 35.5. The highest BCUT2D eigenvalue weighted by Gasteiger charge is 2.22. The maximum absolute atomic E-state index is 12.0. The monoisotopic (exact) mass is 396 g/mol. The van der Waals surface area contributed by atoms with Crippen molar-refractivity contribution in [3.63, 3.8) is 0 Å². The minimum absolute atomic E-state index is 0.334. The number of fused-ring (bicyclic) bond motifs is 2. The first-order chi connectivity index (χ1) is 13.6. The molecular weight excluding hydrogens is 380 g/mol. The summed E-state index contributed by atoms with van der Waals surface area (Å²) >= 11 is 6.10. The Hall–Kier alpha value is -3.13. The first-order valence-electron chi connectivity index (χ1n) is 9.01. The highest BCUT2D eigenvalue weighted by Crippen LogP contribution is 2.31. The molecule has 1 aliphatic rings. The molecule has 0 atom stereocenters. The zero-order valence-electron chi connectivity index (χ0n) is 15.1. The van der Waals surface area contributed by atoms with Gasteiger partial charge >= 0.3 is 6.09 Å². The van der Waals surface area contributed by atoms with E-state index in [2.05, 4.69) is 25.4 Å². The Morgan fingerprint density at radius 3 is 3.11 bits per heavy atom. The van der Waals surface area contributed by atoms with E-state index in [1.54, 1.807) is 17.1 Å². The van der Waals surface area contributed by atoms with Crippen molar-refractivity contribution in [1.82, 2.24) is 30.0 Å². The van der Waals surface area contributed by atoms with E-state index in [1.807, 2.05) is 25.2 Å². The van der Waals surface area contributed by atoms with Crippen LogP contribution in [0.5, 0.6) is 5.75 Å². The van der Waals surface area contributed by atoms with Gasteiger partial charge in [0.15, 0.2) is 16.9 Å². The van der Waals surface area contributed by atoms with Crippen LogP contribution in [0.3, 0.4) is 0 Å². The van der Waals surface area contributed by atoms with Crippen molar-refractivity contribution in [2.45, 2.75) is 12.8 Å². The number of carbonyl (C=O) groups excluding carboxylic acids is 1. The molecule has 0 unspecified atom stereocenters. The lowest BCUT2D eigenvalue weighted by molar-refractivity contribution is 0.200. The van der Waals surface area contributed by atoms with E-state index in [0.717, 1.165) is 23.7 Å². The molecule has 28 heavy (non-hydrogen) atoms. The van der Waals surface area contributed by atoms with Gasteiger partial charge in [0.1, 0.15) is 11.4 Å². The second-order valence-corrected chi connectivity index (χ2v) is 7.39. The van der Waals surface area contributed by atoms with Gasteiger partial charge in [-0.25, -0.2) is 14.8 Å². The molecule has 0 saturated heterocycles. The molecule has 1 aliphatic carbocycles. The summed E-state index contributed by atoms with van der Waals surface area (Å²) in [4.78, 5) is 24.0. The lowest BCUT2D eigenvalue weighted by Gasteiger charge is -2.04. The number of ether oxygens (including phenoxy) is 1. The van der Waals surface area contributed by atoms with Crippen molar-refractivity contribution in [2.75, 3.05) is 6.54 Å². The minimum atomic E-state index is -0.488. The van der Waals surface area contributed by atoms with Crippen molar-refractivity contribution in [3.8, 4) is 17.1 Å². The van der Waals surface area contributed by atoms with Gasteiger partial charge in [0.25, 0.3) is 0 Å². The number of hydrogen-bond acceptors (Lipinski definition) is 5. The van der Waals surface area contributed by atoms with Crippen LogP contribution in [0.25, 0.3) is 33.5 Å². The number of halogens is 1. The van der Waals surface area contributed by atoms with Crippen LogP contribution in [0.2, 0.25) is 5.02 Å². The van der Waals surface area contributed by atoms with Gasteiger partial charge in [-0.05, 0) is 37.0 Å². The zero-order valence-corrected chi connectivity index (χ0v) is 15.8. The van der Waals surface area contributed by atoms with E-state index in [4.69, 9.17) is 16.3 Å². The molecule has 0 radical (unpaired) electrons. The van der Waals surface area contributed by atoms with Crippen molar-refractivity contribution in [2.24, 2.45) is 13.0 Å². The fourth-order valence-corrected chi connectivity index (χ4v) is 3.33. The van der Waals surface area contributed by atoms with Gasteiger partial charge in [0.2, 0.25) is 0 Å². The Morgan fingerprint density at radius 1 is 1.43 bits per heavy atom. The molecule has 142 valence electrons. The Kier molecular flexibility index (Phi) is 3.94. The molecule has 1 aromatic carbocycles. The van der Waals surface area contributed by atoms with Crippen LogP contribution in [0.4, 0.5) is 4.79 Å². The highest BCUT2D eigenvalue weighted by molar-refractivity contribution is 6.31. The number of nitrogens with zero attached hydrogens (tertiary/aromatic N) is 4. The average molecular weight is 397 g/mol. The Bertz CT molecular complexity index is 1210. The average Bonchev–Trinajstić information content (AvgIpc) is 3.37. The first kappa shape index (κ1) is 17.0. The number of aromatic nitrogens is 5. The molecule has 3 aromatic heterocycles. The summed E-state index contributed by atoms with van der Waals surface area (Å²) in [5, 5.41) is 8.90. The fraction of sp³-hybridized carbons (Fsp3) is 0.263. The van der Waals surface area contributed by atoms with Crippen molar-refractivity contribution >= 4 is 39.8 Å². The summed E-state index contributed by atoms with van der Waals surface area (Å²) in [6, 6.07) is 5.58. The minimum Gasteiger partial charge on any atom is -0.406 e. The summed E-state index contributed by atoms with van der Waals surface area (Å²) in [6.07, 6.45) is 5.06. The summed E-state index contributed by atoms with van der Waals surface area (Å²) in [6.45, 7) is 0.639. The van der Waals surface area contributed by atoms with Gasteiger partial charge in [0, 0.05) is 30.2 Å². The normalized spacial score (nSPS) is 13.9. The number of rotatable bonds is 4. The molecule has 8 nitrogen and oxygen atoms in total. The van der Waals surface area contributed by atoms with E-state index >= 15 is 0 Å². The standard InChI is InChI=1S/C19H17ClN6O2/c1-26-14-6-11(20)4-5-12(14)16(25-26)13-8-21-18-17(24-13)15(9-22-18)28-19(27)23-7-10-2-3-10/h4-6,8-10H,2-3,7H2,1H3,(H,21,22)(H,23,27). The number of benzene rings is 1. The number of carbonyl (C=O) groups is 1. The molecule has 4 aromatic rings. The SMILES string of the molecule is Cn1nc(-c2cnc3[nH]cc(OC(=O)NCC4CC4)c3n2)c2ccc(Cl)cc21. The predicted octanol–water partition coefficient (Wildman–Crippen LogP) is 3.66. The Balaban J connectivity index is 1.50. The van der Waals surface area contributed by atoms with Gasteiger partial charge in [-0.1, -0.05) is 11.6 Å². The second-order valence-electron chi connectivity index (χ2n) is 6.95.